The van der Waals surface area contributed by atoms with Gasteiger partial charge in [-0.15, -0.1) is 0 Å². The van der Waals surface area contributed by atoms with Gasteiger partial charge in [-0.25, -0.2) is 13.6 Å². The molecular weight excluding hydrogens is 356 g/mol. The van der Waals surface area contributed by atoms with Gasteiger partial charge < -0.3 is 20.3 Å². The minimum absolute atomic E-state index is 0.0330. The van der Waals surface area contributed by atoms with Crippen LogP contribution < -0.4 is 16.1 Å². The highest BCUT2D eigenvalue weighted by atomic mass is 19.1. The standard InChI is InChI=1S/C17H17F2N3O3.C2H6/c18-12-5-10-14(13(19)15(12)21-4-3-8(20)6-21)22(9-1-2-9)7-11(16(10)23)17(24)25;1-2/h5,7-9H,1-4,6,20H2,(H,24,25);1-2H3/t8-;/m0./s1. The molecule has 2 heterocycles. The Balaban J connectivity index is 0.00000102. The first-order chi connectivity index (χ1) is 12.9. The Morgan fingerprint density at radius 3 is 2.44 bits per heavy atom. The first-order valence-corrected chi connectivity index (χ1v) is 9.19. The van der Waals surface area contributed by atoms with Crippen molar-refractivity contribution in [3.8, 4) is 0 Å². The number of halogens is 2. The van der Waals surface area contributed by atoms with Crippen LogP contribution in [-0.4, -0.2) is 34.8 Å². The number of aromatic carboxylic acids is 1. The van der Waals surface area contributed by atoms with Crippen molar-refractivity contribution in [1.29, 1.82) is 0 Å². The van der Waals surface area contributed by atoms with Gasteiger partial charge in [-0.3, -0.25) is 4.79 Å². The van der Waals surface area contributed by atoms with Crippen LogP contribution in [0.15, 0.2) is 17.1 Å². The number of carboxylic acid groups (broad SMARTS) is 1. The summed E-state index contributed by atoms with van der Waals surface area (Å²) in [6, 6.07) is 0.718. The van der Waals surface area contributed by atoms with Gasteiger partial charge >= 0.3 is 5.97 Å². The lowest BCUT2D eigenvalue weighted by molar-refractivity contribution is 0.0695. The Morgan fingerprint density at radius 1 is 1.26 bits per heavy atom. The summed E-state index contributed by atoms with van der Waals surface area (Å²) in [5, 5.41) is 8.98. The van der Waals surface area contributed by atoms with E-state index in [4.69, 9.17) is 5.73 Å². The van der Waals surface area contributed by atoms with Gasteiger partial charge in [0.25, 0.3) is 0 Å². The maximum absolute atomic E-state index is 15.2. The van der Waals surface area contributed by atoms with E-state index >= 15 is 4.39 Å². The molecule has 1 aliphatic heterocycles. The molecule has 2 fully saturated rings. The molecule has 0 radical (unpaired) electrons. The number of hydrogen-bond donors (Lipinski definition) is 2. The second kappa shape index (κ2) is 7.26. The number of nitrogens with zero attached hydrogens (tertiary/aromatic N) is 2. The summed E-state index contributed by atoms with van der Waals surface area (Å²) in [5.41, 5.74) is 4.25. The summed E-state index contributed by atoms with van der Waals surface area (Å²) < 4.78 is 31.3. The predicted octanol–water partition coefficient (Wildman–Crippen LogP) is 2.88. The molecule has 1 aromatic carbocycles. The first kappa shape index (κ1) is 19.3. The van der Waals surface area contributed by atoms with Crippen molar-refractivity contribution < 1.29 is 18.7 Å². The van der Waals surface area contributed by atoms with Crippen LogP contribution in [0, 0.1) is 11.6 Å². The monoisotopic (exact) mass is 379 g/mol. The molecule has 0 bridgehead atoms. The molecule has 1 aliphatic carbocycles. The first-order valence-electron chi connectivity index (χ1n) is 9.19. The number of aromatic nitrogens is 1. The molecule has 2 aliphatic rings. The molecule has 2 aromatic rings. The van der Waals surface area contributed by atoms with Gasteiger partial charge in [-0.05, 0) is 25.3 Å². The van der Waals surface area contributed by atoms with Crippen LogP contribution >= 0.6 is 0 Å². The summed E-state index contributed by atoms with van der Waals surface area (Å²) in [6.07, 6.45) is 3.32. The number of hydrogen-bond acceptors (Lipinski definition) is 4. The van der Waals surface area contributed by atoms with Crippen molar-refractivity contribution in [1.82, 2.24) is 4.57 Å². The quantitative estimate of drug-likeness (QED) is 0.856. The number of nitrogens with two attached hydrogens (primary N) is 1. The fourth-order valence-electron chi connectivity index (χ4n) is 3.50. The largest absolute Gasteiger partial charge is 0.477 e. The lowest BCUT2D eigenvalue weighted by atomic mass is 10.1. The molecule has 8 heteroatoms. The molecule has 1 aromatic heterocycles. The third kappa shape index (κ3) is 3.29. The zero-order chi connectivity index (χ0) is 19.9. The van der Waals surface area contributed by atoms with E-state index in [1.54, 1.807) is 4.90 Å². The molecule has 1 saturated carbocycles. The molecule has 0 amide bonds. The maximum atomic E-state index is 15.2. The second-order valence-electron chi connectivity index (χ2n) is 6.73. The van der Waals surface area contributed by atoms with Crippen LogP contribution in [0.25, 0.3) is 10.9 Å². The Morgan fingerprint density at radius 2 is 1.93 bits per heavy atom. The van der Waals surface area contributed by atoms with E-state index in [0.29, 0.717) is 19.5 Å². The Hall–Kier alpha value is -2.48. The molecule has 6 nitrogen and oxygen atoms in total. The maximum Gasteiger partial charge on any atom is 0.341 e. The van der Waals surface area contributed by atoms with Gasteiger partial charge in [0.15, 0.2) is 5.82 Å². The van der Waals surface area contributed by atoms with Crippen molar-refractivity contribution in [2.75, 3.05) is 18.0 Å². The Kier molecular flexibility index (Phi) is 5.19. The van der Waals surface area contributed by atoms with Crippen LogP contribution in [0.3, 0.4) is 0 Å². The van der Waals surface area contributed by atoms with E-state index in [1.807, 2.05) is 13.8 Å². The highest BCUT2D eigenvalue weighted by Crippen LogP contribution is 2.40. The molecule has 0 spiro atoms. The van der Waals surface area contributed by atoms with E-state index in [-0.39, 0.29) is 28.7 Å². The lowest BCUT2D eigenvalue weighted by Gasteiger charge is -2.22. The molecule has 0 unspecified atom stereocenters. The highest BCUT2D eigenvalue weighted by molar-refractivity contribution is 5.94. The molecule has 3 N–H and O–H groups in total. The number of carbonyl (C=O) groups is 1. The summed E-state index contributed by atoms with van der Waals surface area (Å²) in [4.78, 5) is 25.3. The van der Waals surface area contributed by atoms with Crippen molar-refractivity contribution in [2.24, 2.45) is 5.73 Å². The molecule has 146 valence electrons. The van der Waals surface area contributed by atoms with Gasteiger partial charge in [0.05, 0.1) is 10.9 Å². The molecule has 4 rings (SSSR count). The van der Waals surface area contributed by atoms with Crippen molar-refractivity contribution in [3.05, 3.63) is 39.7 Å². The van der Waals surface area contributed by atoms with Crippen LogP contribution in [-0.2, 0) is 0 Å². The summed E-state index contributed by atoms with van der Waals surface area (Å²) in [7, 11) is 0. The predicted molar refractivity (Wildman–Crippen MR) is 99.5 cm³/mol. The van der Waals surface area contributed by atoms with Gasteiger partial charge in [-0.1, -0.05) is 13.8 Å². The zero-order valence-electron chi connectivity index (χ0n) is 15.3. The smallest absolute Gasteiger partial charge is 0.341 e. The van der Waals surface area contributed by atoms with Crippen LogP contribution in [0.5, 0.6) is 0 Å². The third-order valence-electron chi connectivity index (χ3n) is 4.90. The van der Waals surface area contributed by atoms with Gasteiger partial charge in [-0.2, -0.15) is 0 Å². The number of anilines is 1. The summed E-state index contributed by atoms with van der Waals surface area (Å²) in [6.45, 7) is 4.77. The fourth-order valence-corrected chi connectivity index (χ4v) is 3.50. The molecule has 1 atom stereocenters. The van der Waals surface area contributed by atoms with Gasteiger partial charge in [0, 0.05) is 31.4 Å². The average Bonchev–Trinajstić information content (AvgIpc) is 3.39. The fraction of sp³-hybridized carbons (Fsp3) is 0.474. The minimum atomic E-state index is -1.41. The van der Waals surface area contributed by atoms with Crippen LogP contribution in [0.4, 0.5) is 14.5 Å². The topological polar surface area (TPSA) is 88.6 Å². The van der Waals surface area contributed by atoms with E-state index in [1.165, 1.54) is 10.8 Å². The Labute approximate surface area is 155 Å². The zero-order valence-corrected chi connectivity index (χ0v) is 15.3. The molecule has 1 saturated heterocycles. The molecular formula is C19H23F2N3O3. The number of fused-ring (bicyclic) bond motifs is 1. The SMILES string of the molecule is CC.N[C@H]1CCN(c2c(F)cc3c(=O)c(C(=O)O)cn(C4CC4)c3c2F)C1. The number of benzene rings is 1. The third-order valence-corrected chi connectivity index (χ3v) is 4.90. The summed E-state index contributed by atoms with van der Waals surface area (Å²) in [5.74, 6) is -3.11. The summed E-state index contributed by atoms with van der Waals surface area (Å²) >= 11 is 0. The van der Waals surface area contributed by atoms with Crippen molar-refractivity contribution >= 4 is 22.6 Å². The lowest BCUT2D eigenvalue weighted by Crippen LogP contribution is -2.28. The average molecular weight is 379 g/mol. The van der Waals surface area contributed by atoms with Crippen LogP contribution in [0.2, 0.25) is 0 Å². The second-order valence-corrected chi connectivity index (χ2v) is 6.73. The number of pyridine rings is 1. The van der Waals surface area contributed by atoms with Gasteiger partial charge in [0.2, 0.25) is 5.43 Å². The van der Waals surface area contributed by atoms with E-state index < -0.39 is 28.6 Å². The minimum Gasteiger partial charge on any atom is -0.477 e. The highest BCUT2D eigenvalue weighted by Gasteiger charge is 2.32. The van der Waals surface area contributed by atoms with Crippen molar-refractivity contribution in [2.45, 2.75) is 45.2 Å². The van der Waals surface area contributed by atoms with Crippen molar-refractivity contribution in [3.63, 3.8) is 0 Å². The van der Waals surface area contributed by atoms with E-state index in [2.05, 4.69) is 0 Å². The molecule has 27 heavy (non-hydrogen) atoms. The van der Waals surface area contributed by atoms with E-state index in [9.17, 15) is 19.1 Å². The normalized spacial score (nSPS) is 19.1. The number of carboxylic acids is 1. The van der Waals surface area contributed by atoms with Crippen LogP contribution in [0.1, 0.15) is 49.5 Å². The number of rotatable bonds is 3. The Bertz CT molecular complexity index is 954. The van der Waals surface area contributed by atoms with E-state index in [0.717, 1.165) is 18.9 Å². The van der Waals surface area contributed by atoms with Gasteiger partial charge in [0.1, 0.15) is 17.1 Å².